The van der Waals surface area contributed by atoms with E-state index in [0.717, 1.165) is 23.5 Å². The zero-order valence-corrected chi connectivity index (χ0v) is 18.6. The maximum Gasteiger partial charge on any atom is 0.282 e. The molecule has 11 heteroatoms. The fourth-order valence-electron chi connectivity index (χ4n) is 2.87. The first-order valence-corrected chi connectivity index (χ1v) is 11.5. The van der Waals surface area contributed by atoms with Crippen molar-refractivity contribution in [3.8, 4) is 6.07 Å². The van der Waals surface area contributed by atoms with Crippen LogP contribution in [0.2, 0.25) is 0 Å². The summed E-state index contributed by atoms with van der Waals surface area (Å²) in [6.45, 7) is 1.61. The van der Waals surface area contributed by atoms with Crippen LogP contribution in [0.25, 0.3) is 0 Å². The lowest BCUT2D eigenvalue weighted by atomic mass is 10.1. The van der Waals surface area contributed by atoms with E-state index in [1.807, 2.05) is 6.07 Å². The average Bonchev–Trinajstić information content (AvgIpc) is 3.14. The van der Waals surface area contributed by atoms with Gasteiger partial charge in [-0.05, 0) is 37.3 Å². The first kappa shape index (κ1) is 23.4. The minimum Gasteiger partial charge on any atom is -0.313 e. The third-order valence-electron chi connectivity index (χ3n) is 4.43. The molecule has 0 aliphatic rings. The van der Waals surface area contributed by atoms with Gasteiger partial charge in [-0.2, -0.15) is 5.26 Å². The second kappa shape index (κ2) is 9.93. The molecule has 3 aromatic rings. The number of aryl methyl sites for hydroxylation is 1. The number of nitrogens with zero attached hydrogens (tertiary/aromatic N) is 3. The van der Waals surface area contributed by atoms with Crippen LogP contribution in [-0.2, 0) is 17.5 Å². The molecule has 1 atom stereocenters. The standard InChI is InChI=1S/C21H17F3N4O2S2/c1-12-18(20(29)27-32(2)30)26-21(31-12)28(16-7-3-13(10-25)4-8-16)11-15-6-5-14(19(23)24)9-17(15)22/h3-9,19H,11H2,1-2H3,(H,27,29). The highest BCUT2D eigenvalue weighted by molar-refractivity contribution is 7.82. The van der Waals surface area contributed by atoms with E-state index >= 15 is 0 Å². The van der Waals surface area contributed by atoms with Crippen molar-refractivity contribution in [2.45, 2.75) is 19.9 Å². The van der Waals surface area contributed by atoms with Crippen molar-refractivity contribution in [3.05, 3.63) is 75.5 Å². The summed E-state index contributed by atoms with van der Waals surface area (Å²) in [4.78, 5) is 18.8. The molecule has 1 heterocycles. The van der Waals surface area contributed by atoms with E-state index < -0.39 is 34.7 Å². The number of amides is 1. The van der Waals surface area contributed by atoms with E-state index in [-0.39, 0.29) is 17.8 Å². The summed E-state index contributed by atoms with van der Waals surface area (Å²) in [7, 11) is -1.58. The topological polar surface area (TPSA) is 86.1 Å². The van der Waals surface area contributed by atoms with Gasteiger partial charge in [0.2, 0.25) is 0 Å². The van der Waals surface area contributed by atoms with E-state index in [1.54, 1.807) is 36.1 Å². The maximum atomic E-state index is 14.6. The van der Waals surface area contributed by atoms with Crippen molar-refractivity contribution in [3.63, 3.8) is 0 Å². The largest absolute Gasteiger partial charge is 0.313 e. The Morgan fingerprint density at radius 2 is 1.97 bits per heavy atom. The summed E-state index contributed by atoms with van der Waals surface area (Å²) in [6, 6.07) is 11.7. The van der Waals surface area contributed by atoms with Crippen LogP contribution in [0.15, 0.2) is 42.5 Å². The molecule has 166 valence electrons. The van der Waals surface area contributed by atoms with Crippen LogP contribution in [0.1, 0.15) is 38.5 Å². The van der Waals surface area contributed by atoms with Crippen molar-refractivity contribution < 1.29 is 22.2 Å². The predicted molar refractivity (Wildman–Crippen MR) is 117 cm³/mol. The third kappa shape index (κ3) is 5.33. The van der Waals surface area contributed by atoms with Gasteiger partial charge in [-0.3, -0.25) is 9.52 Å². The Kier molecular flexibility index (Phi) is 7.27. The summed E-state index contributed by atoms with van der Waals surface area (Å²) >= 11 is 1.16. The molecule has 0 aliphatic carbocycles. The molecule has 32 heavy (non-hydrogen) atoms. The van der Waals surface area contributed by atoms with Gasteiger partial charge in [0.05, 0.1) is 18.2 Å². The number of carbonyl (C=O) groups is 1. The van der Waals surface area contributed by atoms with Gasteiger partial charge in [0.25, 0.3) is 12.3 Å². The number of thiazole rings is 1. The summed E-state index contributed by atoms with van der Waals surface area (Å²) in [5.41, 5.74) is 0.774. The fraction of sp³-hybridized carbons (Fsp3) is 0.190. The van der Waals surface area contributed by atoms with Gasteiger partial charge in [-0.25, -0.2) is 22.4 Å². The molecule has 0 radical (unpaired) electrons. The zero-order chi connectivity index (χ0) is 23.4. The molecule has 1 aromatic heterocycles. The average molecular weight is 479 g/mol. The molecule has 0 aliphatic heterocycles. The number of alkyl halides is 2. The molecular weight excluding hydrogens is 461 g/mol. The SMILES string of the molecule is Cc1sc(N(Cc2ccc(C(F)F)cc2F)c2ccc(C#N)cc2)nc1C(=O)NS(C)=O. The molecule has 6 nitrogen and oxygen atoms in total. The smallest absolute Gasteiger partial charge is 0.282 e. The maximum absolute atomic E-state index is 14.6. The molecule has 0 bridgehead atoms. The number of halogens is 3. The van der Waals surface area contributed by atoms with E-state index in [1.165, 1.54) is 12.3 Å². The molecule has 1 amide bonds. The van der Waals surface area contributed by atoms with Crippen LogP contribution < -0.4 is 9.62 Å². The summed E-state index contributed by atoms with van der Waals surface area (Å²) in [6.07, 6.45) is -1.48. The summed E-state index contributed by atoms with van der Waals surface area (Å²) in [5, 5.41) is 9.39. The highest BCUT2D eigenvalue weighted by atomic mass is 32.2. The second-order valence-electron chi connectivity index (χ2n) is 6.68. The Bertz CT molecular complexity index is 1210. The minimum atomic E-state index is -2.79. The first-order chi connectivity index (χ1) is 15.2. The number of rotatable bonds is 7. The number of benzene rings is 2. The lowest BCUT2D eigenvalue weighted by molar-refractivity contribution is 0.0978. The number of anilines is 2. The number of hydrogen-bond acceptors (Lipinski definition) is 6. The Morgan fingerprint density at radius 1 is 1.28 bits per heavy atom. The predicted octanol–water partition coefficient (Wildman–Crippen LogP) is 4.76. The monoisotopic (exact) mass is 478 g/mol. The van der Waals surface area contributed by atoms with E-state index in [4.69, 9.17) is 5.26 Å². The lowest BCUT2D eigenvalue weighted by Crippen LogP contribution is -2.25. The van der Waals surface area contributed by atoms with Crippen LogP contribution >= 0.6 is 11.3 Å². The van der Waals surface area contributed by atoms with Crippen LogP contribution in [-0.4, -0.2) is 21.4 Å². The molecule has 3 rings (SSSR count). The van der Waals surface area contributed by atoms with Crippen LogP contribution in [0.3, 0.4) is 0 Å². The number of carbonyl (C=O) groups excluding carboxylic acids is 1. The van der Waals surface area contributed by atoms with Crippen LogP contribution in [0, 0.1) is 24.1 Å². The summed E-state index contributed by atoms with van der Waals surface area (Å²) in [5.74, 6) is -1.41. The van der Waals surface area contributed by atoms with Crippen molar-refractivity contribution in [2.24, 2.45) is 0 Å². The highest BCUT2D eigenvalue weighted by Crippen LogP contribution is 2.34. The van der Waals surface area contributed by atoms with Crippen molar-refractivity contribution >= 4 is 39.0 Å². The lowest BCUT2D eigenvalue weighted by Gasteiger charge is -2.22. The van der Waals surface area contributed by atoms with Gasteiger partial charge in [0, 0.05) is 27.9 Å². The van der Waals surface area contributed by atoms with Gasteiger partial charge in [0.15, 0.2) is 5.13 Å². The van der Waals surface area contributed by atoms with Crippen molar-refractivity contribution in [1.29, 1.82) is 5.26 Å². The molecule has 0 fully saturated rings. The van der Waals surface area contributed by atoms with E-state index in [9.17, 15) is 22.2 Å². The van der Waals surface area contributed by atoms with E-state index in [2.05, 4.69) is 9.71 Å². The van der Waals surface area contributed by atoms with Gasteiger partial charge < -0.3 is 4.90 Å². The first-order valence-electron chi connectivity index (χ1n) is 9.15. The van der Waals surface area contributed by atoms with Crippen molar-refractivity contribution in [2.75, 3.05) is 11.2 Å². The van der Waals surface area contributed by atoms with Crippen LogP contribution in [0.5, 0.6) is 0 Å². The second-order valence-corrected chi connectivity index (χ2v) is 8.98. The van der Waals surface area contributed by atoms with Gasteiger partial charge in [-0.1, -0.05) is 12.1 Å². The molecule has 0 saturated heterocycles. The van der Waals surface area contributed by atoms with Crippen molar-refractivity contribution in [1.82, 2.24) is 9.71 Å². The quantitative estimate of drug-likeness (QED) is 0.529. The molecule has 1 N–H and O–H groups in total. The number of nitriles is 1. The number of hydrogen-bond donors (Lipinski definition) is 1. The number of nitrogens with one attached hydrogen (secondary N) is 1. The van der Waals surface area contributed by atoms with Gasteiger partial charge in [-0.15, -0.1) is 11.3 Å². The third-order valence-corrected chi connectivity index (χ3v) is 5.90. The van der Waals surface area contributed by atoms with E-state index in [0.29, 0.717) is 21.3 Å². The number of aromatic nitrogens is 1. The summed E-state index contributed by atoms with van der Waals surface area (Å²) < 4.78 is 53.9. The molecular formula is C21H17F3N4O2S2. The van der Waals surface area contributed by atoms with Crippen LogP contribution in [0.4, 0.5) is 24.0 Å². The van der Waals surface area contributed by atoms with Gasteiger partial charge >= 0.3 is 0 Å². The fourth-order valence-corrected chi connectivity index (χ4v) is 4.15. The Hall–Kier alpha value is -3.23. The molecule has 1 unspecified atom stereocenters. The Morgan fingerprint density at radius 3 is 2.53 bits per heavy atom. The normalized spacial score (nSPS) is 11.8. The molecule has 0 spiro atoms. The highest BCUT2D eigenvalue weighted by Gasteiger charge is 2.22. The Balaban J connectivity index is 2.03. The Labute approximate surface area is 188 Å². The molecule has 2 aromatic carbocycles. The molecule has 0 saturated carbocycles. The van der Waals surface area contributed by atoms with Gasteiger partial charge in [0.1, 0.15) is 22.5 Å². The zero-order valence-electron chi connectivity index (χ0n) is 16.9. The minimum absolute atomic E-state index is 0.0605.